The second-order valence-electron chi connectivity index (χ2n) is 7.20. The van der Waals surface area contributed by atoms with Crippen LogP contribution in [0.15, 0.2) is 89.1 Å². The third-order valence-corrected chi connectivity index (χ3v) is 4.85. The molecule has 0 saturated heterocycles. The van der Waals surface area contributed by atoms with Gasteiger partial charge >= 0.3 is 0 Å². The molecule has 0 aliphatic rings. The Balaban J connectivity index is 1.75. The van der Waals surface area contributed by atoms with E-state index in [-0.39, 0.29) is 17.0 Å². The molecule has 0 radical (unpaired) electrons. The highest BCUT2D eigenvalue weighted by molar-refractivity contribution is 6.11. The second-order valence-corrected chi connectivity index (χ2v) is 7.20. The lowest BCUT2D eigenvalue weighted by Crippen LogP contribution is -2.12. The number of benzene rings is 4. The van der Waals surface area contributed by atoms with Gasteiger partial charge in [0.2, 0.25) is 0 Å². The number of carbonyl (C=O) groups excluding carboxylic acids is 1. The Morgan fingerprint density at radius 1 is 0.833 bits per heavy atom. The first-order valence-electron chi connectivity index (χ1n) is 9.62. The molecular weight excluding hydrogens is 374 g/mol. The number of aryl methyl sites for hydroxylation is 2. The van der Waals surface area contributed by atoms with Gasteiger partial charge in [-0.15, -0.1) is 5.11 Å². The summed E-state index contributed by atoms with van der Waals surface area (Å²) in [5.74, 6) is -0.608. The van der Waals surface area contributed by atoms with Gasteiger partial charge in [-0.1, -0.05) is 59.7 Å². The van der Waals surface area contributed by atoms with Gasteiger partial charge in [-0.2, -0.15) is 5.11 Å². The highest BCUT2D eigenvalue weighted by Gasteiger charge is 2.18. The zero-order valence-corrected chi connectivity index (χ0v) is 16.8. The molecule has 0 heterocycles. The number of anilines is 1. The number of amides is 1. The van der Waals surface area contributed by atoms with E-state index in [2.05, 4.69) is 15.5 Å². The highest BCUT2D eigenvalue weighted by atomic mass is 16.3. The number of phenolic OH excluding ortho intramolecular Hbond substituents is 1. The summed E-state index contributed by atoms with van der Waals surface area (Å²) in [4.78, 5) is 12.9. The molecule has 0 atom stereocenters. The van der Waals surface area contributed by atoms with Crippen LogP contribution in [0.3, 0.4) is 0 Å². The fourth-order valence-electron chi connectivity index (χ4n) is 3.15. The standard InChI is InChI=1S/C25H21N3O2/c1-16-7-11-19(12-8-16)26-25(30)22-15-18-5-3-4-6-21(18)23(24(22)29)28-27-20-13-9-17(2)10-14-20/h3-15,29H,1-2H3,(H,26,30). The minimum Gasteiger partial charge on any atom is -0.505 e. The summed E-state index contributed by atoms with van der Waals surface area (Å²) in [6, 6.07) is 24.2. The van der Waals surface area contributed by atoms with Gasteiger partial charge in [0, 0.05) is 11.1 Å². The Bertz CT molecular complexity index is 1240. The average Bonchev–Trinajstić information content (AvgIpc) is 2.75. The van der Waals surface area contributed by atoms with Crippen molar-refractivity contribution in [3.63, 3.8) is 0 Å². The lowest BCUT2D eigenvalue weighted by molar-refractivity contribution is 0.102. The van der Waals surface area contributed by atoms with Crippen LogP contribution >= 0.6 is 0 Å². The van der Waals surface area contributed by atoms with Crippen LogP contribution in [0.1, 0.15) is 21.5 Å². The van der Waals surface area contributed by atoms with Crippen LogP contribution in [0.5, 0.6) is 5.75 Å². The summed E-state index contributed by atoms with van der Waals surface area (Å²) in [5.41, 5.74) is 3.95. The van der Waals surface area contributed by atoms with Crippen molar-refractivity contribution in [3.8, 4) is 5.75 Å². The third kappa shape index (κ3) is 4.05. The molecule has 4 aromatic carbocycles. The number of hydrogen-bond acceptors (Lipinski definition) is 4. The molecule has 0 fully saturated rings. The number of nitrogens with one attached hydrogen (secondary N) is 1. The molecule has 2 N–H and O–H groups in total. The van der Waals surface area contributed by atoms with E-state index in [0.717, 1.165) is 21.9 Å². The maximum Gasteiger partial charge on any atom is 0.259 e. The predicted molar refractivity (Wildman–Crippen MR) is 120 cm³/mol. The Morgan fingerprint density at radius 2 is 1.47 bits per heavy atom. The van der Waals surface area contributed by atoms with Crippen molar-refractivity contribution >= 4 is 33.7 Å². The monoisotopic (exact) mass is 395 g/mol. The summed E-state index contributed by atoms with van der Waals surface area (Å²) in [6.45, 7) is 3.97. The number of phenols is 1. The lowest BCUT2D eigenvalue weighted by Gasteiger charge is -2.11. The molecule has 1 amide bonds. The molecule has 5 heteroatoms. The van der Waals surface area contributed by atoms with Gasteiger partial charge in [0.05, 0.1) is 11.3 Å². The molecule has 0 saturated carbocycles. The van der Waals surface area contributed by atoms with E-state index in [4.69, 9.17) is 0 Å². The van der Waals surface area contributed by atoms with Crippen molar-refractivity contribution in [2.24, 2.45) is 10.2 Å². The van der Waals surface area contributed by atoms with Crippen molar-refractivity contribution in [2.75, 3.05) is 5.32 Å². The van der Waals surface area contributed by atoms with E-state index in [1.54, 1.807) is 6.07 Å². The molecule has 0 aliphatic carbocycles. The Morgan fingerprint density at radius 3 is 2.17 bits per heavy atom. The van der Waals surface area contributed by atoms with E-state index in [9.17, 15) is 9.90 Å². The van der Waals surface area contributed by atoms with Crippen LogP contribution in [-0.4, -0.2) is 11.0 Å². The van der Waals surface area contributed by atoms with Gasteiger partial charge in [-0.25, -0.2) is 0 Å². The highest BCUT2D eigenvalue weighted by Crippen LogP contribution is 2.39. The SMILES string of the molecule is Cc1ccc(N=Nc2c(O)c(C(=O)Nc3ccc(C)cc3)cc3ccccc23)cc1. The van der Waals surface area contributed by atoms with Crippen molar-refractivity contribution in [1.29, 1.82) is 0 Å². The molecule has 0 bridgehead atoms. The Kier molecular flexibility index (Phi) is 5.26. The van der Waals surface area contributed by atoms with Crippen LogP contribution in [0, 0.1) is 13.8 Å². The van der Waals surface area contributed by atoms with Crippen molar-refractivity contribution in [2.45, 2.75) is 13.8 Å². The predicted octanol–water partition coefficient (Wildman–Crippen LogP) is 6.83. The number of nitrogens with zero attached hydrogens (tertiary/aromatic N) is 2. The van der Waals surface area contributed by atoms with E-state index in [0.29, 0.717) is 11.4 Å². The summed E-state index contributed by atoms with van der Waals surface area (Å²) in [5, 5.41) is 23.8. The third-order valence-electron chi connectivity index (χ3n) is 4.85. The maximum atomic E-state index is 12.9. The molecule has 5 nitrogen and oxygen atoms in total. The molecular formula is C25H21N3O2. The summed E-state index contributed by atoms with van der Waals surface area (Å²) >= 11 is 0. The van der Waals surface area contributed by atoms with Crippen molar-refractivity contribution < 1.29 is 9.90 Å². The number of rotatable bonds is 4. The van der Waals surface area contributed by atoms with E-state index in [1.807, 2.05) is 86.6 Å². The Labute approximate surface area is 174 Å². The van der Waals surface area contributed by atoms with Crippen LogP contribution < -0.4 is 5.32 Å². The molecule has 4 rings (SSSR count). The van der Waals surface area contributed by atoms with Crippen LogP contribution in [0.2, 0.25) is 0 Å². The number of carbonyl (C=O) groups is 1. The van der Waals surface area contributed by atoms with Gasteiger partial charge in [0.15, 0.2) is 5.75 Å². The van der Waals surface area contributed by atoms with E-state index >= 15 is 0 Å². The van der Waals surface area contributed by atoms with E-state index < -0.39 is 5.91 Å². The first-order valence-corrected chi connectivity index (χ1v) is 9.62. The fourth-order valence-corrected chi connectivity index (χ4v) is 3.15. The zero-order chi connectivity index (χ0) is 21.1. The zero-order valence-electron chi connectivity index (χ0n) is 16.8. The van der Waals surface area contributed by atoms with Crippen LogP contribution in [0.25, 0.3) is 10.8 Å². The summed E-state index contributed by atoms with van der Waals surface area (Å²) in [7, 11) is 0. The first kappa shape index (κ1) is 19.3. The largest absolute Gasteiger partial charge is 0.505 e. The van der Waals surface area contributed by atoms with Gasteiger partial charge in [0.25, 0.3) is 5.91 Å². The average molecular weight is 395 g/mol. The fraction of sp³-hybridized carbons (Fsp3) is 0.0800. The van der Waals surface area contributed by atoms with Crippen molar-refractivity contribution in [1.82, 2.24) is 0 Å². The van der Waals surface area contributed by atoms with Gasteiger partial charge < -0.3 is 10.4 Å². The molecule has 4 aromatic rings. The van der Waals surface area contributed by atoms with Gasteiger partial charge in [0.1, 0.15) is 5.69 Å². The number of aromatic hydroxyl groups is 1. The smallest absolute Gasteiger partial charge is 0.259 e. The first-order chi connectivity index (χ1) is 14.5. The maximum absolute atomic E-state index is 12.9. The van der Waals surface area contributed by atoms with Crippen molar-refractivity contribution in [3.05, 3.63) is 95.6 Å². The number of azo groups is 1. The lowest BCUT2D eigenvalue weighted by atomic mass is 10.0. The minimum absolute atomic E-state index is 0.145. The van der Waals surface area contributed by atoms with Crippen LogP contribution in [-0.2, 0) is 0 Å². The summed E-state index contributed by atoms with van der Waals surface area (Å²) in [6.07, 6.45) is 0. The normalized spacial score (nSPS) is 11.1. The molecule has 30 heavy (non-hydrogen) atoms. The molecule has 148 valence electrons. The minimum atomic E-state index is -0.408. The van der Waals surface area contributed by atoms with Gasteiger partial charge in [-0.3, -0.25) is 4.79 Å². The second kappa shape index (κ2) is 8.17. The van der Waals surface area contributed by atoms with Crippen LogP contribution in [0.4, 0.5) is 17.1 Å². The Hall–Kier alpha value is -3.99. The summed E-state index contributed by atoms with van der Waals surface area (Å²) < 4.78 is 0. The molecule has 0 aromatic heterocycles. The molecule has 0 spiro atoms. The number of hydrogen-bond donors (Lipinski definition) is 2. The number of fused-ring (bicyclic) bond motifs is 1. The van der Waals surface area contributed by atoms with Gasteiger partial charge in [-0.05, 0) is 49.6 Å². The quantitative estimate of drug-likeness (QED) is 0.372. The molecule has 0 unspecified atom stereocenters. The topological polar surface area (TPSA) is 74.0 Å². The molecule has 0 aliphatic heterocycles. The van der Waals surface area contributed by atoms with E-state index in [1.165, 1.54) is 0 Å².